The highest BCUT2D eigenvalue weighted by Gasteiger charge is 2.24. The standard InChI is InChI=1S/C24H24N2O2S/c27-19-12-8-9-17(15-19)16-25-24-22(23(28)26-18-10-4-3-5-11-18)20-13-6-1-2-7-14-21(20)29-24/h3-5,8-12,15-16,27H,1-2,6-7,13-14H2,(H,26,28). The second kappa shape index (κ2) is 9.05. The number of fused-ring (bicyclic) bond motifs is 1. The Morgan fingerprint density at radius 2 is 1.79 bits per heavy atom. The molecule has 1 amide bonds. The topological polar surface area (TPSA) is 61.7 Å². The molecule has 1 heterocycles. The van der Waals surface area contributed by atoms with Crippen LogP contribution in [0.5, 0.6) is 5.75 Å². The van der Waals surface area contributed by atoms with E-state index >= 15 is 0 Å². The Kier molecular flexibility index (Phi) is 6.06. The number of rotatable bonds is 4. The molecule has 5 heteroatoms. The van der Waals surface area contributed by atoms with Crippen LogP contribution in [0, 0.1) is 0 Å². The summed E-state index contributed by atoms with van der Waals surface area (Å²) >= 11 is 1.63. The van der Waals surface area contributed by atoms with Gasteiger partial charge in [0.05, 0.1) is 5.56 Å². The average molecular weight is 405 g/mol. The van der Waals surface area contributed by atoms with E-state index in [1.54, 1.807) is 35.8 Å². The molecule has 29 heavy (non-hydrogen) atoms. The quantitative estimate of drug-likeness (QED) is 0.515. The Morgan fingerprint density at radius 3 is 2.59 bits per heavy atom. The fraction of sp³-hybridized carbons (Fsp3) is 0.250. The molecule has 0 saturated heterocycles. The Bertz CT molecular complexity index is 1020. The summed E-state index contributed by atoms with van der Waals surface area (Å²) in [5.74, 6) is 0.103. The monoisotopic (exact) mass is 404 g/mol. The molecule has 0 spiro atoms. The van der Waals surface area contributed by atoms with Gasteiger partial charge >= 0.3 is 0 Å². The van der Waals surface area contributed by atoms with Gasteiger partial charge in [0.2, 0.25) is 0 Å². The van der Waals surface area contributed by atoms with Crippen LogP contribution in [0.15, 0.2) is 59.6 Å². The van der Waals surface area contributed by atoms with Gasteiger partial charge in [0.25, 0.3) is 5.91 Å². The van der Waals surface area contributed by atoms with Crippen molar-refractivity contribution in [2.75, 3.05) is 5.32 Å². The number of aryl methyl sites for hydroxylation is 1. The third kappa shape index (κ3) is 4.74. The van der Waals surface area contributed by atoms with E-state index in [1.165, 1.54) is 17.7 Å². The molecule has 0 aliphatic heterocycles. The normalized spacial score (nSPS) is 14.2. The second-order valence-corrected chi connectivity index (χ2v) is 8.36. The van der Waals surface area contributed by atoms with Gasteiger partial charge in [-0.1, -0.05) is 43.2 Å². The van der Waals surface area contributed by atoms with Crippen LogP contribution in [0.2, 0.25) is 0 Å². The maximum atomic E-state index is 13.2. The van der Waals surface area contributed by atoms with Gasteiger partial charge in [0, 0.05) is 16.8 Å². The first-order valence-electron chi connectivity index (χ1n) is 10.0. The van der Waals surface area contributed by atoms with Crippen LogP contribution in [0.4, 0.5) is 10.7 Å². The zero-order valence-corrected chi connectivity index (χ0v) is 17.0. The number of anilines is 1. The summed E-state index contributed by atoms with van der Waals surface area (Å²) in [7, 11) is 0. The number of aliphatic imine (C=N–C) groups is 1. The highest BCUT2D eigenvalue weighted by Crippen LogP contribution is 2.39. The van der Waals surface area contributed by atoms with Crippen LogP contribution >= 0.6 is 11.3 Å². The highest BCUT2D eigenvalue weighted by molar-refractivity contribution is 7.16. The van der Waals surface area contributed by atoms with Gasteiger partial charge in [-0.3, -0.25) is 4.79 Å². The van der Waals surface area contributed by atoms with Crippen LogP contribution in [-0.4, -0.2) is 17.2 Å². The smallest absolute Gasteiger partial charge is 0.259 e. The number of carbonyl (C=O) groups excluding carboxylic acids is 1. The maximum absolute atomic E-state index is 13.2. The second-order valence-electron chi connectivity index (χ2n) is 7.27. The van der Waals surface area contributed by atoms with Crippen molar-refractivity contribution < 1.29 is 9.90 Å². The minimum absolute atomic E-state index is 0.0997. The van der Waals surface area contributed by atoms with Crippen molar-refractivity contribution in [1.29, 1.82) is 0 Å². The van der Waals surface area contributed by atoms with Crippen LogP contribution in [0.25, 0.3) is 0 Å². The predicted octanol–water partition coefficient (Wildman–Crippen LogP) is 6.12. The number of phenols is 1. The first-order chi connectivity index (χ1) is 14.2. The Balaban J connectivity index is 1.71. The number of amides is 1. The highest BCUT2D eigenvalue weighted by atomic mass is 32.1. The third-order valence-electron chi connectivity index (χ3n) is 5.11. The SMILES string of the molecule is O=C(Nc1ccccc1)c1c(N=Cc2cccc(O)c2)sc2c1CCCCCC2. The maximum Gasteiger partial charge on any atom is 0.259 e. The zero-order valence-electron chi connectivity index (χ0n) is 16.2. The number of hydrogen-bond donors (Lipinski definition) is 2. The van der Waals surface area contributed by atoms with E-state index in [1.807, 2.05) is 36.4 Å². The van der Waals surface area contributed by atoms with Gasteiger partial charge in [-0.25, -0.2) is 4.99 Å². The Labute approximate surface area is 175 Å². The Morgan fingerprint density at radius 1 is 1.00 bits per heavy atom. The summed E-state index contributed by atoms with van der Waals surface area (Å²) in [6.45, 7) is 0. The molecular formula is C24H24N2O2S. The lowest BCUT2D eigenvalue weighted by atomic mass is 9.96. The van der Waals surface area contributed by atoms with Gasteiger partial charge in [-0.2, -0.15) is 0 Å². The largest absolute Gasteiger partial charge is 0.508 e. The summed E-state index contributed by atoms with van der Waals surface area (Å²) in [5.41, 5.74) is 3.45. The molecule has 0 radical (unpaired) electrons. The molecule has 4 rings (SSSR count). The van der Waals surface area contributed by atoms with E-state index < -0.39 is 0 Å². The van der Waals surface area contributed by atoms with Crippen molar-refractivity contribution >= 4 is 34.1 Å². The van der Waals surface area contributed by atoms with Crippen molar-refractivity contribution in [3.63, 3.8) is 0 Å². The van der Waals surface area contributed by atoms with Crippen LogP contribution in [0.1, 0.15) is 52.0 Å². The number of nitrogens with zero attached hydrogens (tertiary/aromatic N) is 1. The van der Waals surface area contributed by atoms with Gasteiger partial charge in [-0.05, 0) is 61.1 Å². The molecule has 2 N–H and O–H groups in total. The van der Waals surface area contributed by atoms with Crippen molar-refractivity contribution in [2.24, 2.45) is 4.99 Å². The number of phenolic OH excluding ortho intramolecular Hbond substituents is 1. The first-order valence-corrected chi connectivity index (χ1v) is 10.9. The minimum Gasteiger partial charge on any atom is -0.508 e. The molecular weight excluding hydrogens is 380 g/mol. The van der Waals surface area contributed by atoms with E-state index in [0.29, 0.717) is 5.56 Å². The number of carbonyl (C=O) groups is 1. The van der Waals surface area contributed by atoms with Crippen molar-refractivity contribution in [2.45, 2.75) is 38.5 Å². The van der Waals surface area contributed by atoms with Crippen LogP contribution in [-0.2, 0) is 12.8 Å². The van der Waals surface area contributed by atoms with E-state index in [2.05, 4.69) is 10.3 Å². The fourth-order valence-corrected chi connectivity index (χ4v) is 4.91. The summed E-state index contributed by atoms with van der Waals surface area (Å²) in [4.78, 5) is 19.2. The van der Waals surface area contributed by atoms with Gasteiger partial charge in [-0.15, -0.1) is 11.3 Å². The zero-order chi connectivity index (χ0) is 20.1. The minimum atomic E-state index is -0.0997. The summed E-state index contributed by atoms with van der Waals surface area (Å²) in [6, 6.07) is 16.5. The molecule has 0 atom stereocenters. The molecule has 0 fully saturated rings. The lowest BCUT2D eigenvalue weighted by molar-refractivity contribution is 0.102. The number of thiophene rings is 1. The number of nitrogens with one attached hydrogen (secondary N) is 1. The molecule has 148 valence electrons. The lowest BCUT2D eigenvalue weighted by Gasteiger charge is -2.12. The van der Waals surface area contributed by atoms with E-state index in [9.17, 15) is 9.90 Å². The van der Waals surface area contributed by atoms with Gasteiger partial charge in [0.15, 0.2) is 0 Å². The third-order valence-corrected chi connectivity index (χ3v) is 6.31. The fourth-order valence-electron chi connectivity index (χ4n) is 3.68. The first kappa shape index (κ1) is 19.4. The molecule has 0 unspecified atom stereocenters. The summed E-state index contributed by atoms with van der Waals surface area (Å²) in [5, 5.41) is 13.5. The predicted molar refractivity (Wildman–Crippen MR) is 120 cm³/mol. The van der Waals surface area contributed by atoms with Crippen molar-refractivity contribution in [3.05, 3.63) is 76.2 Å². The van der Waals surface area contributed by atoms with E-state index in [4.69, 9.17) is 0 Å². The van der Waals surface area contributed by atoms with Crippen molar-refractivity contribution in [3.8, 4) is 5.75 Å². The number of benzene rings is 2. The molecule has 3 aromatic rings. The number of hydrogen-bond acceptors (Lipinski definition) is 4. The van der Waals surface area contributed by atoms with Crippen molar-refractivity contribution in [1.82, 2.24) is 0 Å². The molecule has 1 aliphatic rings. The van der Waals surface area contributed by atoms with Crippen LogP contribution in [0.3, 0.4) is 0 Å². The summed E-state index contributed by atoms with van der Waals surface area (Å²) in [6.07, 6.45) is 8.35. The van der Waals surface area contributed by atoms with Gasteiger partial charge < -0.3 is 10.4 Å². The number of para-hydroxylation sites is 1. The van der Waals surface area contributed by atoms with E-state index in [-0.39, 0.29) is 11.7 Å². The molecule has 0 saturated carbocycles. The molecule has 1 aliphatic carbocycles. The average Bonchev–Trinajstić information content (AvgIpc) is 3.04. The van der Waals surface area contributed by atoms with Crippen LogP contribution < -0.4 is 5.32 Å². The molecule has 2 aromatic carbocycles. The summed E-state index contributed by atoms with van der Waals surface area (Å²) < 4.78 is 0. The molecule has 0 bridgehead atoms. The Hall–Kier alpha value is -2.92. The lowest BCUT2D eigenvalue weighted by Crippen LogP contribution is -2.14. The molecule has 4 nitrogen and oxygen atoms in total. The number of aromatic hydroxyl groups is 1. The van der Waals surface area contributed by atoms with E-state index in [0.717, 1.165) is 47.5 Å². The van der Waals surface area contributed by atoms with Gasteiger partial charge in [0.1, 0.15) is 10.8 Å². The molecule has 1 aromatic heterocycles.